The van der Waals surface area contributed by atoms with Crippen molar-refractivity contribution in [2.75, 3.05) is 56.2 Å². The lowest BCUT2D eigenvalue weighted by atomic mass is 10.0. The minimum absolute atomic E-state index is 0.235. The van der Waals surface area contributed by atoms with Crippen LogP contribution >= 0.6 is 35.0 Å². The van der Waals surface area contributed by atoms with Gasteiger partial charge in [-0.05, 0) is 41.9 Å². The zero-order valence-corrected chi connectivity index (χ0v) is 18.9. The maximum atomic E-state index is 12.3. The van der Waals surface area contributed by atoms with Gasteiger partial charge in [-0.2, -0.15) is 11.8 Å². The molecule has 4 rings (SSSR count). The highest BCUT2D eigenvalue weighted by Gasteiger charge is 2.23. The summed E-state index contributed by atoms with van der Waals surface area (Å²) >= 11 is 14.1. The van der Waals surface area contributed by atoms with Crippen LogP contribution in [0.25, 0.3) is 11.1 Å². The van der Waals surface area contributed by atoms with Gasteiger partial charge in [0.1, 0.15) is 0 Å². The first-order chi connectivity index (χ1) is 14.0. The minimum atomic E-state index is 0.235. The van der Waals surface area contributed by atoms with Gasteiger partial charge in [-0.25, -0.2) is 0 Å². The fourth-order valence-electron chi connectivity index (χ4n) is 3.82. The Kier molecular flexibility index (Phi) is 6.60. The molecular weight excluding hydrogens is 425 g/mol. The van der Waals surface area contributed by atoms with Crippen LogP contribution in [-0.2, 0) is 11.3 Å². The normalized spacial score (nSPS) is 18.4. The Morgan fingerprint density at radius 1 is 0.931 bits per heavy atom. The summed E-state index contributed by atoms with van der Waals surface area (Å²) in [4.78, 5) is 19.1. The third-order valence-corrected chi connectivity index (χ3v) is 7.29. The highest BCUT2D eigenvalue weighted by atomic mass is 35.5. The van der Waals surface area contributed by atoms with Crippen molar-refractivity contribution in [1.29, 1.82) is 0 Å². The number of likely N-dealkylation sites (N-methyl/N-ethyl adjacent to an activating group) is 1. The van der Waals surface area contributed by atoms with E-state index >= 15 is 0 Å². The number of rotatable bonds is 4. The third-order valence-electron chi connectivity index (χ3n) is 5.63. The molecule has 7 heteroatoms. The highest BCUT2D eigenvalue weighted by Crippen LogP contribution is 2.33. The number of hydrogen-bond acceptors (Lipinski definition) is 4. The number of amides is 1. The number of nitrogens with zero attached hydrogens (tertiary/aromatic N) is 3. The molecule has 0 radical (unpaired) electrons. The zero-order valence-electron chi connectivity index (χ0n) is 16.5. The van der Waals surface area contributed by atoms with E-state index in [0.29, 0.717) is 22.3 Å². The first-order valence-corrected chi connectivity index (χ1v) is 11.8. The molecule has 0 bridgehead atoms. The Morgan fingerprint density at radius 3 is 2.38 bits per heavy atom. The van der Waals surface area contributed by atoms with Crippen LogP contribution in [0.2, 0.25) is 10.0 Å². The number of hydrogen-bond donors (Lipinski definition) is 0. The standard InChI is InChI=1S/C22H25Cl2N3OS/c1-25-6-8-26(9-7-25)21-13-17(16-4-5-19(23)20(24)12-16)2-3-18(21)14-27-10-11-29-15-22(27)28/h2-5,12-13H,6-11,14-15H2,1H3. The summed E-state index contributed by atoms with van der Waals surface area (Å²) < 4.78 is 0. The van der Waals surface area contributed by atoms with Gasteiger partial charge in [0, 0.05) is 50.7 Å². The summed E-state index contributed by atoms with van der Waals surface area (Å²) in [5, 5.41) is 1.12. The van der Waals surface area contributed by atoms with Crippen LogP contribution in [-0.4, -0.2) is 67.0 Å². The van der Waals surface area contributed by atoms with Gasteiger partial charge in [-0.1, -0.05) is 41.4 Å². The van der Waals surface area contributed by atoms with E-state index in [4.69, 9.17) is 23.2 Å². The van der Waals surface area contributed by atoms with Crippen molar-refractivity contribution in [2.24, 2.45) is 0 Å². The van der Waals surface area contributed by atoms with Gasteiger partial charge in [-0.15, -0.1) is 0 Å². The number of halogens is 2. The molecule has 0 unspecified atom stereocenters. The SMILES string of the molecule is CN1CCN(c2cc(-c3ccc(Cl)c(Cl)c3)ccc2CN2CCSCC2=O)CC1. The van der Waals surface area contributed by atoms with Crippen molar-refractivity contribution >= 4 is 46.6 Å². The molecule has 2 heterocycles. The fraction of sp³-hybridized carbons (Fsp3) is 0.409. The molecule has 0 atom stereocenters. The molecule has 2 aliphatic rings. The number of carbonyl (C=O) groups excluding carboxylic acids is 1. The largest absolute Gasteiger partial charge is 0.369 e. The average molecular weight is 450 g/mol. The highest BCUT2D eigenvalue weighted by molar-refractivity contribution is 8.00. The van der Waals surface area contributed by atoms with Gasteiger partial charge in [-0.3, -0.25) is 4.79 Å². The van der Waals surface area contributed by atoms with E-state index in [1.807, 2.05) is 23.1 Å². The van der Waals surface area contributed by atoms with E-state index in [0.717, 1.165) is 49.6 Å². The lowest BCUT2D eigenvalue weighted by molar-refractivity contribution is -0.129. The Bertz CT molecular complexity index is 900. The van der Waals surface area contributed by atoms with Crippen LogP contribution in [0.4, 0.5) is 5.69 Å². The second-order valence-corrected chi connectivity index (χ2v) is 9.55. The van der Waals surface area contributed by atoms with E-state index in [9.17, 15) is 4.79 Å². The monoisotopic (exact) mass is 449 g/mol. The predicted molar refractivity (Wildman–Crippen MR) is 124 cm³/mol. The predicted octanol–water partition coefficient (Wildman–Crippen LogP) is 4.49. The van der Waals surface area contributed by atoms with Gasteiger partial charge in [0.05, 0.1) is 15.8 Å². The van der Waals surface area contributed by atoms with Gasteiger partial charge in [0.2, 0.25) is 5.91 Å². The van der Waals surface area contributed by atoms with Crippen LogP contribution in [0.5, 0.6) is 0 Å². The number of carbonyl (C=O) groups is 1. The second kappa shape index (κ2) is 9.17. The number of benzene rings is 2. The molecule has 154 valence electrons. The third kappa shape index (κ3) is 4.85. The Labute approximate surface area is 186 Å². The molecule has 0 aromatic heterocycles. The molecular formula is C22H25Cl2N3OS. The van der Waals surface area contributed by atoms with Gasteiger partial charge >= 0.3 is 0 Å². The molecule has 0 spiro atoms. The first kappa shape index (κ1) is 20.9. The number of piperazine rings is 1. The van der Waals surface area contributed by atoms with Crippen LogP contribution < -0.4 is 4.90 Å². The lowest BCUT2D eigenvalue weighted by Crippen LogP contribution is -2.45. The molecule has 0 N–H and O–H groups in total. The van der Waals surface area contributed by atoms with Crippen molar-refractivity contribution in [1.82, 2.24) is 9.80 Å². The van der Waals surface area contributed by atoms with Crippen molar-refractivity contribution in [3.8, 4) is 11.1 Å². The minimum Gasteiger partial charge on any atom is -0.369 e. The molecule has 2 aromatic rings. The van der Waals surface area contributed by atoms with Crippen LogP contribution in [0.3, 0.4) is 0 Å². The maximum absolute atomic E-state index is 12.3. The number of thioether (sulfide) groups is 1. The van der Waals surface area contributed by atoms with Gasteiger partial charge in [0.25, 0.3) is 0 Å². The van der Waals surface area contributed by atoms with E-state index in [1.54, 1.807) is 11.8 Å². The summed E-state index contributed by atoms with van der Waals surface area (Å²) in [6.45, 7) is 5.53. The molecule has 0 saturated carbocycles. The summed E-state index contributed by atoms with van der Waals surface area (Å²) in [6.07, 6.45) is 0. The molecule has 2 aliphatic heterocycles. The van der Waals surface area contributed by atoms with Crippen LogP contribution in [0, 0.1) is 0 Å². The Balaban J connectivity index is 1.68. The molecule has 1 amide bonds. The van der Waals surface area contributed by atoms with Gasteiger partial charge in [0.15, 0.2) is 0 Å². The molecule has 4 nitrogen and oxygen atoms in total. The van der Waals surface area contributed by atoms with E-state index in [1.165, 1.54) is 11.3 Å². The van der Waals surface area contributed by atoms with Crippen molar-refractivity contribution in [3.63, 3.8) is 0 Å². The van der Waals surface area contributed by atoms with E-state index in [-0.39, 0.29) is 5.91 Å². The average Bonchev–Trinajstić information content (AvgIpc) is 2.73. The van der Waals surface area contributed by atoms with E-state index < -0.39 is 0 Å². The zero-order chi connectivity index (χ0) is 20.4. The summed E-state index contributed by atoms with van der Waals surface area (Å²) in [5.41, 5.74) is 4.58. The topological polar surface area (TPSA) is 26.8 Å². The Hall–Kier alpha value is -1.40. The lowest BCUT2D eigenvalue weighted by Gasteiger charge is -2.36. The molecule has 2 saturated heterocycles. The Morgan fingerprint density at radius 2 is 1.66 bits per heavy atom. The second-order valence-electron chi connectivity index (χ2n) is 7.63. The van der Waals surface area contributed by atoms with Crippen LogP contribution in [0.1, 0.15) is 5.56 Å². The summed E-state index contributed by atoms with van der Waals surface area (Å²) in [7, 11) is 2.16. The van der Waals surface area contributed by atoms with E-state index in [2.05, 4.69) is 35.0 Å². The maximum Gasteiger partial charge on any atom is 0.232 e. The quantitative estimate of drug-likeness (QED) is 0.686. The fourth-order valence-corrected chi connectivity index (χ4v) is 4.97. The summed E-state index contributed by atoms with van der Waals surface area (Å²) in [6, 6.07) is 12.3. The van der Waals surface area contributed by atoms with Crippen LogP contribution in [0.15, 0.2) is 36.4 Å². The van der Waals surface area contributed by atoms with Crippen molar-refractivity contribution < 1.29 is 4.79 Å². The summed E-state index contributed by atoms with van der Waals surface area (Å²) in [5.74, 6) is 1.83. The van der Waals surface area contributed by atoms with Gasteiger partial charge < -0.3 is 14.7 Å². The molecule has 29 heavy (non-hydrogen) atoms. The van der Waals surface area contributed by atoms with Crippen molar-refractivity contribution in [3.05, 3.63) is 52.0 Å². The smallest absolute Gasteiger partial charge is 0.232 e. The van der Waals surface area contributed by atoms with Crippen molar-refractivity contribution in [2.45, 2.75) is 6.54 Å². The molecule has 2 aromatic carbocycles. The molecule has 0 aliphatic carbocycles. The number of anilines is 1. The molecule has 2 fully saturated rings. The first-order valence-electron chi connectivity index (χ1n) is 9.88.